The Kier molecular flexibility index (Phi) is 9.22. The monoisotopic (exact) mass is 349 g/mol. The van der Waals surface area contributed by atoms with E-state index in [1.807, 2.05) is 13.1 Å². The Balaban J connectivity index is 1.76. The summed E-state index contributed by atoms with van der Waals surface area (Å²) in [6.45, 7) is 3.30. The van der Waals surface area contributed by atoms with Crippen LogP contribution in [0.5, 0.6) is 0 Å². The highest BCUT2D eigenvalue weighted by atomic mass is 16.3. The van der Waals surface area contributed by atoms with Gasteiger partial charge in [-0.05, 0) is 64.0 Å². The minimum Gasteiger partial charge on any atom is -0.392 e. The Morgan fingerprint density at radius 2 is 2.08 bits per heavy atom. The smallest absolute Gasteiger partial charge is 0.0721 e. The SMILES string of the molecule is CCCCC[C@H](O)/C=C/[C@@H]1[C@H]2CC(CCCCCNC)=C[C@H]2C[C@H]1O. The summed E-state index contributed by atoms with van der Waals surface area (Å²) < 4.78 is 0. The van der Waals surface area contributed by atoms with E-state index in [1.165, 1.54) is 38.5 Å². The number of nitrogens with one attached hydrogen (secondary N) is 1. The second-order valence-electron chi connectivity index (χ2n) is 8.10. The Labute approximate surface area is 154 Å². The normalized spacial score (nSPS) is 30.0. The lowest BCUT2D eigenvalue weighted by molar-refractivity contribution is 0.139. The van der Waals surface area contributed by atoms with E-state index >= 15 is 0 Å². The summed E-state index contributed by atoms with van der Waals surface area (Å²) >= 11 is 0. The Bertz CT molecular complexity index is 432. The fourth-order valence-electron chi connectivity index (χ4n) is 4.58. The van der Waals surface area contributed by atoms with Crippen molar-refractivity contribution in [2.75, 3.05) is 13.6 Å². The molecule has 144 valence electrons. The van der Waals surface area contributed by atoms with Gasteiger partial charge in [-0.3, -0.25) is 0 Å². The van der Waals surface area contributed by atoms with Gasteiger partial charge in [0.05, 0.1) is 12.2 Å². The molecule has 0 heterocycles. The summed E-state index contributed by atoms with van der Waals surface area (Å²) in [5.74, 6) is 1.33. The second kappa shape index (κ2) is 11.2. The molecule has 2 aliphatic rings. The molecule has 3 N–H and O–H groups in total. The standard InChI is InChI=1S/C22H39NO2/c1-3-4-6-10-19(24)11-12-20-21-15-17(9-7-5-8-13-23-2)14-18(21)16-22(20)25/h11-12,14,18-25H,3-10,13,15-16H2,1-2H3/b12-11+/t18-,19-,20+,21-,22+/m0/s1. The highest BCUT2D eigenvalue weighted by Gasteiger charge is 2.43. The molecule has 0 amide bonds. The summed E-state index contributed by atoms with van der Waals surface area (Å²) in [6, 6.07) is 0. The van der Waals surface area contributed by atoms with Crippen LogP contribution in [0.2, 0.25) is 0 Å². The van der Waals surface area contributed by atoms with Crippen molar-refractivity contribution in [3.05, 3.63) is 23.8 Å². The quantitative estimate of drug-likeness (QED) is 0.365. The maximum Gasteiger partial charge on any atom is 0.0721 e. The largest absolute Gasteiger partial charge is 0.392 e. The molecule has 25 heavy (non-hydrogen) atoms. The first-order valence-electron chi connectivity index (χ1n) is 10.5. The van der Waals surface area contributed by atoms with Gasteiger partial charge in [0.25, 0.3) is 0 Å². The summed E-state index contributed by atoms with van der Waals surface area (Å²) in [5.41, 5.74) is 1.60. The van der Waals surface area contributed by atoms with Gasteiger partial charge in [-0.1, -0.05) is 56.4 Å². The van der Waals surface area contributed by atoms with Crippen molar-refractivity contribution < 1.29 is 10.2 Å². The van der Waals surface area contributed by atoms with Gasteiger partial charge in [0, 0.05) is 5.92 Å². The van der Waals surface area contributed by atoms with Crippen molar-refractivity contribution in [1.82, 2.24) is 5.32 Å². The van der Waals surface area contributed by atoms with Crippen LogP contribution in [0.25, 0.3) is 0 Å². The van der Waals surface area contributed by atoms with Crippen molar-refractivity contribution in [2.45, 2.75) is 83.3 Å². The fraction of sp³-hybridized carbons (Fsp3) is 0.818. The van der Waals surface area contributed by atoms with Crippen molar-refractivity contribution in [2.24, 2.45) is 17.8 Å². The van der Waals surface area contributed by atoms with Gasteiger partial charge in [0.1, 0.15) is 0 Å². The van der Waals surface area contributed by atoms with Crippen LogP contribution in [-0.2, 0) is 0 Å². The van der Waals surface area contributed by atoms with Gasteiger partial charge in [-0.15, -0.1) is 0 Å². The van der Waals surface area contributed by atoms with Crippen LogP contribution in [0.4, 0.5) is 0 Å². The van der Waals surface area contributed by atoms with Crippen molar-refractivity contribution in [3.8, 4) is 0 Å². The van der Waals surface area contributed by atoms with Gasteiger partial charge >= 0.3 is 0 Å². The molecular formula is C22H39NO2. The fourth-order valence-corrected chi connectivity index (χ4v) is 4.58. The maximum atomic E-state index is 10.4. The van der Waals surface area contributed by atoms with Gasteiger partial charge in [-0.25, -0.2) is 0 Å². The molecule has 1 fully saturated rings. The van der Waals surface area contributed by atoms with E-state index in [-0.39, 0.29) is 18.1 Å². The lowest BCUT2D eigenvalue weighted by Crippen LogP contribution is -2.18. The van der Waals surface area contributed by atoms with E-state index in [4.69, 9.17) is 0 Å². The van der Waals surface area contributed by atoms with Crippen molar-refractivity contribution in [1.29, 1.82) is 0 Å². The second-order valence-corrected chi connectivity index (χ2v) is 8.10. The van der Waals surface area contributed by atoms with Crippen LogP contribution in [-0.4, -0.2) is 36.0 Å². The molecule has 0 radical (unpaired) electrons. The zero-order valence-corrected chi connectivity index (χ0v) is 16.3. The maximum absolute atomic E-state index is 10.4. The van der Waals surface area contributed by atoms with Gasteiger partial charge in [0.15, 0.2) is 0 Å². The van der Waals surface area contributed by atoms with E-state index in [0.717, 1.165) is 32.2 Å². The predicted octanol–water partition coefficient (Wildman–Crippen LogP) is 4.21. The van der Waals surface area contributed by atoms with Crippen LogP contribution >= 0.6 is 0 Å². The number of aliphatic hydroxyl groups is 2. The summed E-state index contributed by atoms with van der Waals surface area (Å²) in [5, 5.41) is 23.7. The predicted molar refractivity (Wildman–Crippen MR) is 105 cm³/mol. The van der Waals surface area contributed by atoms with Crippen molar-refractivity contribution >= 4 is 0 Å². The summed E-state index contributed by atoms with van der Waals surface area (Å²) in [6.07, 6.45) is 17.3. The first-order valence-corrected chi connectivity index (χ1v) is 10.5. The molecule has 0 aromatic rings. The van der Waals surface area contributed by atoms with E-state index < -0.39 is 0 Å². The lowest BCUT2D eigenvalue weighted by atomic mass is 9.88. The third kappa shape index (κ3) is 6.54. The topological polar surface area (TPSA) is 52.5 Å². The highest BCUT2D eigenvalue weighted by Crippen LogP contribution is 2.48. The molecule has 0 aromatic heterocycles. The van der Waals surface area contributed by atoms with Gasteiger partial charge < -0.3 is 15.5 Å². The minimum atomic E-state index is -0.348. The van der Waals surface area contributed by atoms with E-state index in [0.29, 0.717) is 11.8 Å². The number of fused-ring (bicyclic) bond motifs is 1. The zero-order chi connectivity index (χ0) is 18.1. The molecule has 0 saturated heterocycles. The molecule has 3 nitrogen and oxygen atoms in total. The van der Waals surface area contributed by atoms with Gasteiger partial charge in [-0.2, -0.15) is 0 Å². The molecule has 0 unspecified atom stereocenters. The number of unbranched alkanes of at least 4 members (excludes halogenated alkanes) is 4. The van der Waals surface area contributed by atoms with Crippen LogP contribution in [0.3, 0.4) is 0 Å². The first kappa shape index (κ1) is 20.7. The summed E-state index contributed by atoms with van der Waals surface area (Å²) in [7, 11) is 2.01. The molecule has 3 heteroatoms. The number of allylic oxidation sites excluding steroid dienone is 2. The molecular weight excluding hydrogens is 310 g/mol. The Hall–Kier alpha value is -0.640. The van der Waals surface area contributed by atoms with Crippen molar-refractivity contribution in [3.63, 3.8) is 0 Å². The third-order valence-electron chi connectivity index (χ3n) is 6.03. The number of rotatable bonds is 12. The van der Waals surface area contributed by atoms with E-state index in [1.54, 1.807) is 5.57 Å². The third-order valence-corrected chi connectivity index (χ3v) is 6.03. The Morgan fingerprint density at radius 1 is 1.24 bits per heavy atom. The van der Waals surface area contributed by atoms with Crippen LogP contribution in [0.15, 0.2) is 23.8 Å². The molecule has 2 aliphatic carbocycles. The lowest BCUT2D eigenvalue weighted by Gasteiger charge is -2.19. The molecule has 0 spiro atoms. The minimum absolute atomic E-state index is 0.226. The van der Waals surface area contributed by atoms with Crippen LogP contribution in [0, 0.1) is 17.8 Å². The van der Waals surface area contributed by atoms with Crippen LogP contribution in [0.1, 0.15) is 71.1 Å². The Morgan fingerprint density at radius 3 is 2.84 bits per heavy atom. The van der Waals surface area contributed by atoms with Gasteiger partial charge in [0.2, 0.25) is 0 Å². The average molecular weight is 350 g/mol. The van der Waals surface area contributed by atoms with E-state index in [2.05, 4.69) is 24.4 Å². The zero-order valence-electron chi connectivity index (χ0n) is 16.3. The summed E-state index contributed by atoms with van der Waals surface area (Å²) in [4.78, 5) is 0. The molecule has 2 rings (SSSR count). The number of hydrogen-bond donors (Lipinski definition) is 3. The molecule has 1 saturated carbocycles. The molecule has 5 atom stereocenters. The number of aliphatic hydroxyl groups excluding tert-OH is 2. The van der Waals surface area contributed by atoms with E-state index in [9.17, 15) is 10.2 Å². The van der Waals surface area contributed by atoms with Crippen LogP contribution < -0.4 is 5.32 Å². The number of hydrogen-bond acceptors (Lipinski definition) is 3. The molecule has 0 aliphatic heterocycles. The molecule has 0 bridgehead atoms. The average Bonchev–Trinajstić information content (AvgIpc) is 3.09. The first-order chi connectivity index (χ1) is 12.2. The highest BCUT2D eigenvalue weighted by molar-refractivity contribution is 5.20. The molecule has 0 aromatic carbocycles.